The minimum absolute atomic E-state index is 0.0693. The van der Waals surface area contributed by atoms with Crippen molar-refractivity contribution in [3.05, 3.63) is 58.6 Å². The zero-order valence-corrected chi connectivity index (χ0v) is 19.5. The molecule has 1 aliphatic heterocycles. The minimum atomic E-state index is -0.454. The van der Waals surface area contributed by atoms with Gasteiger partial charge in [-0.3, -0.25) is 4.79 Å². The van der Waals surface area contributed by atoms with Crippen LogP contribution in [-0.4, -0.2) is 43.1 Å². The Kier molecular flexibility index (Phi) is 6.97. The first-order valence-electron chi connectivity index (χ1n) is 10.8. The molecule has 1 amide bonds. The number of hydrogen-bond donors (Lipinski definition) is 0. The summed E-state index contributed by atoms with van der Waals surface area (Å²) >= 11 is 6.18. The molecule has 1 saturated heterocycles. The van der Waals surface area contributed by atoms with E-state index in [4.69, 9.17) is 16.3 Å². The van der Waals surface area contributed by atoms with E-state index in [0.29, 0.717) is 19.5 Å². The van der Waals surface area contributed by atoms with Crippen molar-refractivity contribution < 1.29 is 9.53 Å². The molecule has 4 nitrogen and oxygen atoms in total. The molecule has 1 fully saturated rings. The van der Waals surface area contributed by atoms with E-state index in [1.54, 1.807) is 0 Å². The number of carbonyl (C=O) groups excluding carboxylic acids is 1. The molecule has 2 aromatic rings. The Labute approximate surface area is 185 Å². The molecule has 0 radical (unpaired) electrons. The minimum Gasteiger partial charge on any atom is -0.481 e. The summed E-state index contributed by atoms with van der Waals surface area (Å²) in [7, 11) is 0. The van der Waals surface area contributed by atoms with Crippen LogP contribution in [0.25, 0.3) is 0 Å². The van der Waals surface area contributed by atoms with Crippen LogP contribution in [-0.2, 0) is 10.2 Å². The second-order valence-corrected chi connectivity index (χ2v) is 9.47. The van der Waals surface area contributed by atoms with Crippen LogP contribution in [0.15, 0.2) is 42.5 Å². The van der Waals surface area contributed by atoms with Crippen molar-refractivity contribution in [3.8, 4) is 5.75 Å². The van der Waals surface area contributed by atoms with Gasteiger partial charge in [0.2, 0.25) is 0 Å². The number of carbonyl (C=O) groups is 1. The van der Waals surface area contributed by atoms with Gasteiger partial charge >= 0.3 is 0 Å². The average Bonchev–Trinajstić information content (AvgIpc) is 2.73. The molecule has 0 aromatic heterocycles. The lowest BCUT2D eigenvalue weighted by atomic mass is 9.87. The smallest absolute Gasteiger partial charge is 0.263 e. The molecule has 0 aliphatic carbocycles. The fraction of sp³-hybridized carbons (Fsp3) is 0.480. The highest BCUT2D eigenvalue weighted by Gasteiger charge is 2.28. The number of aryl methyl sites for hydroxylation is 1. The van der Waals surface area contributed by atoms with Crippen molar-refractivity contribution >= 4 is 23.2 Å². The van der Waals surface area contributed by atoms with Crippen LogP contribution < -0.4 is 9.64 Å². The van der Waals surface area contributed by atoms with Gasteiger partial charge in [0.15, 0.2) is 6.10 Å². The van der Waals surface area contributed by atoms with Gasteiger partial charge in [-0.05, 0) is 54.2 Å². The Balaban J connectivity index is 1.61. The Bertz CT molecular complexity index is 866. The predicted octanol–water partition coefficient (Wildman–Crippen LogP) is 5.45. The average molecular weight is 429 g/mol. The molecule has 1 heterocycles. The lowest BCUT2D eigenvalue weighted by molar-refractivity contribution is -0.139. The summed E-state index contributed by atoms with van der Waals surface area (Å²) in [5.41, 5.74) is 3.70. The van der Waals surface area contributed by atoms with Gasteiger partial charge in [-0.2, -0.15) is 0 Å². The molecular weight excluding hydrogens is 396 g/mol. The highest BCUT2D eigenvalue weighted by atomic mass is 35.5. The highest BCUT2D eigenvalue weighted by molar-refractivity contribution is 6.30. The number of piperazine rings is 1. The predicted molar refractivity (Wildman–Crippen MR) is 125 cm³/mol. The largest absolute Gasteiger partial charge is 0.481 e. The molecule has 3 rings (SSSR count). The van der Waals surface area contributed by atoms with E-state index in [1.165, 1.54) is 11.1 Å². The van der Waals surface area contributed by atoms with Gasteiger partial charge in [-0.1, -0.05) is 57.5 Å². The fourth-order valence-corrected chi connectivity index (χ4v) is 3.97. The van der Waals surface area contributed by atoms with E-state index in [0.717, 1.165) is 29.5 Å². The number of ether oxygens (including phenoxy) is 1. The fourth-order valence-electron chi connectivity index (χ4n) is 3.80. The van der Waals surface area contributed by atoms with Gasteiger partial charge in [-0.15, -0.1) is 0 Å². The molecule has 2 aromatic carbocycles. The van der Waals surface area contributed by atoms with Gasteiger partial charge in [0.05, 0.1) is 0 Å². The number of nitrogens with zero attached hydrogens (tertiary/aromatic N) is 2. The van der Waals surface area contributed by atoms with Gasteiger partial charge in [-0.25, -0.2) is 0 Å². The van der Waals surface area contributed by atoms with Gasteiger partial charge in [0, 0.05) is 36.9 Å². The third-order valence-electron chi connectivity index (χ3n) is 5.75. The number of hydrogen-bond acceptors (Lipinski definition) is 3. The molecular formula is C25H33ClN2O2. The van der Waals surface area contributed by atoms with Crippen LogP contribution >= 0.6 is 11.6 Å². The van der Waals surface area contributed by atoms with Crippen molar-refractivity contribution in [1.29, 1.82) is 0 Å². The molecule has 1 atom stereocenters. The van der Waals surface area contributed by atoms with E-state index in [2.05, 4.69) is 44.7 Å². The molecule has 0 bridgehead atoms. The second-order valence-electron chi connectivity index (χ2n) is 9.03. The van der Waals surface area contributed by atoms with Crippen molar-refractivity contribution in [2.45, 2.75) is 52.6 Å². The Morgan fingerprint density at radius 3 is 2.27 bits per heavy atom. The first-order chi connectivity index (χ1) is 14.2. The quantitative estimate of drug-likeness (QED) is 0.634. The lowest BCUT2D eigenvalue weighted by Crippen LogP contribution is -2.52. The van der Waals surface area contributed by atoms with Gasteiger partial charge < -0.3 is 14.5 Å². The zero-order chi connectivity index (χ0) is 21.9. The third kappa shape index (κ3) is 5.28. The van der Waals surface area contributed by atoms with Gasteiger partial charge in [0.1, 0.15) is 5.75 Å². The normalized spacial score (nSPS) is 15.8. The Morgan fingerprint density at radius 1 is 1.07 bits per heavy atom. The maximum atomic E-state index is 13.1. The molecule has 0 spiro atoms. The maximum absolute atomic E-state index is 13.1. The summed E-state index contributed by atoms with van der Waals surface area (Å²) in [6.07, 6.45) is 0.193. The summed E-state index contributed by atoms with van der Waals surface area (Å²) < 4.78 is 6.07. The van der Waals surface area contributed by atoms with Crippen molar-refractivity contribution in [1.82, 2.24) is 4.90 Å². The number of anilines is 1. The summed E-state index contributed by atoms with van der Waals surface area (Å²) in [6, 6.07) is 14.1. The number of halogens is 1. The molecule has 0 N–H and O–H groups in total. The van der Waals surface area contributed by atoms with Gasteiger partial charge in [0.25, 0.3) is 5.91 Å². The summed E-state index contributed by atoms with van der Waals surface area (Å²) in [4.78, 5) is 17.3. The van der Waals surface area contributed by atoms with E-state index in [9.17, 15) is 4.79 Å². The molecule has 0 saturated carbocycles. The van der Waals surface area contributed by atoms with E-state index >= 15 is 0 Å². The van der Waals surface area contributed by atoms with Crippen molar-refractivity contribution in [2.24, 2.45) is 0 Å². The Morgan fingerprint density at radius 2 is 1.70 bits per heavy atom. The van der Waals surface area contributed by atoms with Crippen molar-refractivity contribution in [3.63, 3.8) is 0 Å². The van der Waals surface area contributed by atoms with Crippen LogP contribution in [0, 0.1) is 6.92 Å². The van der Waals surface area contributed by atoms with Crippen LogP contribution in [0.2, 0.25) is 5.02 Å². The maximum Gasteiger partial charge on any atom is 0.263 e. The summed E-state index contributed by atoms with van der Waals surface area (Å²) in [5, 5.41) is 0.742. The monoisotopic (exact) mass is 428 g/mol. The number of amides is 1. The van der Waals surface area contributed by atoms with Crippen LogP contribution in [0.4, 0.5) is 5.69 Å². The van der Waals surface area contributed by atoms with Crippen LogP contribution in [0.1, 0.15) is 45.2 Å². The second kappa shape index (κ2) is 9.30. The summed E-state index contributed by atoms with van der Waals surface area (Å²) in [5.74, 6) is 0.816. The lowest BCUT2D eigenvalue weighted by Gasteiger charge is -2.38. The third-order valence-corrected chi connectivity index (χ3v) is 5.98. The highest BCUT2D eigenvalue weighted by Crippen LogP contribution is 2.27. The molecule has 162 valence electrons. The number of rotatable bonds is 5. The number of benzene rings is 2. The van der Waals surface area contributed by atoms with E-state index in [1.807, 2.05) is 42.2 Å². The van der Waals surface area contributed by atoms with Crippen LogP contribution in [0.5, 0.6) is 5.75 Å². The molecule has 1 unspecified atom stereocenters. The zero-order valence-electron chi connectivity index (χ0n) is 18.7. The first kappa shape index (κ1) is 22.5. The topological polar surface area (TPSA) is 32.8 Å². The molecule has 30 heavy (non-hydrogen) atoms. The molecule has 1 aliphatic rings. The SMILES string of the molecule is CCC(Oc1ccc(C(C)(C)C)cc1)C(=O)N1CCN(c2cc(Cl)ccc2C)CC1. The Hall–Kier alpha value is -2.20. The van der Waals surface area contributed by atoms with E-state index in [-0.39, 0.29) is 11.3 Å². The summed E-state index contributed by atoms with van der Waals surface area (Å²) in [6.45, 7) is 13.6. The standard InChI is InChI=1S/C25H33ClN2O2/c1-6-23(30-21-11-8-19(9-12-21)25(3,4)5)24(29)28-15-13-27(14-16-28)22-17-20(26)10-7-18(22)2/h7-12,17,23H,6,13-16H2,1-5H3. The molecule has 5 heteroatoms. The first-order valence-corrected chi connectivity index (χ1v) is 11.1. The van der Waals surface area contributed by atoms with Crippen LogP contribution in [0.3, 0.4) is 0 Å². The van der Waals surface area contributed by atoms with Crippen molar-refractivity contribution in [2.75, 3.05) is 31.1 Å². The van der Waals surface area contributed by atoms with E-state index < -0.39 is 6.10 Å².